The van der Waals surface area contributed by atoms with Crippen molar-refractivity contribution in [3.05, 3.63) is 71.8 Å². The van der Waals surface area contributed by atoms with E-state index in [2.05, 4.69) is 38.0 Å². The van der Waals surface area contributed by atoms with Crippen LogP contribution >= 0.6 is 11.6 Å². The molecule has 0 radical (unpaired) electrons. The molecular weight excluding hydrogens is 628 g/mol. The number of piperidine rings is 1. The van der Waals surface area contributed by atoms with E-state index >= 15 is 0 Å². The third kappa shape index (κ3) is 6.56. The number of carbonyl (C=O) groups excluding carboxylic acids is 1. The highest BCUT2D eigenvalue weighted by Gasteiger charge is 2.28. The van der Waals surface area contributed by atoms with Crippen molar-refractivity contribution >= 4 is 56.0 Å². The maximum absolute atomic E-state index is 13.1. The number of fused-ring (bicyclic) bond motifs is 2. The van der Waals surface area contributed by atoms with Gasteiger partial charge in [0.1, 0.15) is 10.5 Å². The first-order valence-electron chi connectivity index (χ1n) is 15.1. The Kier molecular flexibility index (Phi) is 8.47. The molecule has 1 aliphatic heterocycles. The van der Waals surface area contributed by atoms with E-state index in [1.165, 1.54) is 18.3 Å². The molecule has 1 saturated heterocycles. The van der Waals surface area contributed by atoms with Gasteiger partial charge in [0.25, 0.3) is 10.0 Å². The van der Waals surface area contributed by atoms with Gasteiger partial charge in [0.2, 0.25) is 5.95 Å². The lowest BCUT2D eigenvalue weighted by molar-refractivity contribution is 0.0206. The van der Waals surface area contributed by atoms with Crippen LogP contribution in [0.2, 0.25) is 5.02 Å². The molecule has 3 aromatic heterocycles. The summed E-state index contributed by atoms with van der Waals surface area (Å²) in [6.07, 6.45) is 8.86. The van der Waals surface area contributed by atoms with E-state index in [-0.39, 0.29) is 27.9 Å². The Labute approximate surface area is 272 Å². The van der Waals surface area contributed by atoms with Crippen LogP contribution in [-0.2, 0) is 21.2 Å². The Balaban J connectivity index is 1.26. The van der Waals surface area contributed by atoms with Crippen molar-refractivity contribution in [2.24, 2.45) is 0 Å². The third-order valence-corrected chi connectivity index (χ3v) is 9.47. The van der Waals surface area contributed by atoms with Crippen molar-refractivity contribution in [2.75, 3.05) is 23.1 Å². The molecule has 0 unspecified atom stereocenters. The molecule has 0 saturated carbocycles. The monoisotopic (exact) mass is 662 g/mol. The van der Waals surface area contributed by atoms with Gasteiger partial charge in [-0.05, 0) is 69.9 Å². The quantitative estimate of drug-likeness (QED) is 0.209. The van der Waals surface area contributed by atoms with Gasteiger partial charge in [-0.1, -0.05) is 30.7 Å². The van der Waals surface area contributed by atoms with Gasteiger partial charge in [0.15, 0.2) is 11.5 Å². The number of imidazole rings is 1. The topological polar surface area (TPSA) is 144 Å². The van der Waals surface area contributed by atoms with Crippen LogP contribution in [0.25, 0.3) is 27.8 Å². The number of hydrogen-bond donors (Lipinski definition) is 2. The van der Waals surface area contributed by atoms with E-state index < -0.39 is 15.6 Å². The molecule has 1 atom stereocenters. The Hall–Kier alpha value is -4.49. The lowest BCUT2D eigenvalue weighted by atomic mass is 10.0. The number of ether oxygens (including phenoxy) is 1. The first kappa shape index (κ1) is 31.5. The molecule has 2 N–H and O–H groups in total. The van der Waals surface area contributed by atoms with E-state index in [1.807, 2.05) is 26.8 Å². The van der Waals surface area contributed by atoms with Crippen LogP contribution in [0.15, 0.2) is 66.1 Å². The average Bonchev–Trinajstić information content (AvgIpc) is 3.45. The summed E-state index contributed by atoms with van der Waals surface area (Å²) in [5, 5.41) is 4.38. The standard InChI is InChI=1S/C32H35ClN8O4S/c1-5-20-15-21(25-18-35-29-28(34-12-14-41(25)29)39-46(43,44)26-11-7-6-10-24(26)33)16-22-17-36-30(38-27(20)22)37-23-9-8-13-40(19-23)31(42)45-32(2,3)4/h6-7,10-12,14-18,23H,5,8-9,13,19H2,1-4H3,(H,34,39)(H,36,37,38)/t23-/m0/s1. The van der Waals surface area contributed by atoms with Gasteiger partial charge >= 0.3 is 6.09 Å². The molecule has 1 fully saturated rings. The van der Waals surface area contributed by atoms with Crippen molar-refractivity contribution in [1.29, 1.82) is 0 Å². The zero-order chi connectivity index (χ0) is 32.6. The van der Waals surface area contributed by atoms with Crippen LogP contribution in [0.5, 0.6) is 0 Å². The number of benzene rings is 2. The number of likely N-dealkylation sites (tertiary alicyclic amines) is 1. The SMILES string of the molecule is CCc1cc(-c2cnc3c(NS(=O)(=O)c4ccccc4Cl)nccn23)cc2cnc(N[C@H]3CCCN(C(=O)OC(C)(C)C)C3)nc12. The summed E-state index contributed by atoms with van der Waals surface area (Å²) in [5.74, 6) is 0.583. The van der Waals surface area contributed by atoms with E-state index in [0.29, 0.717) is 24.7 Å². The van der Waals surface area contributed by atoms with Crippen LogP contribution < -0.4 is 10.0 Å². The number of carbonyl (C=O) groups is 1. The number of aromatic nitrogens is 5. The van der Waals surface area contributed by atoms with Gasteiger partial charge < -0.3 is 15.0 Å². The van der Waals surface area contributed by atoms with Gasteiger partial charge in [0.05, 0.1) is 22.4 Å². The minimum Gasteiger partial charge on any atom is -0.444 e. The number of nitrogens with zero attached hydrogens (tertiary/aromatic N) is 6. The molecule has 0 aliphatic carbocycles. The molecule has 0 bridgehead atoms. The fraction of sp³-hybridized carbons (Fsp3) is 0.344. The van der Waals surface area contributed by atoms with Crippen LogP contribution in [0.4, 0.5) is 16.6 Å². The van der Waals surface area contributed by atoms with E-state index in [9.17, 15) is 13.2 Å². The van der Waals surface area contributed by atoms with Crippen molar-refractivity contribution in [2.45, 2.75) is 63.5 Å². The zero-order valence-electron chi connectivity index (χ0n) is 26.0. The highest BCUT2D eigenvalue weighted by molar-refractivity contribution is 7.92. The highest BCUT2D eigenvalue weighted by Crippen LogP contribution is 2.31. The van der Waals surface area contributed by atoms with Crippen LogP contribution in [0, 0.1) is 0 Å². The summed E-state index contributed by atoms with van der Waals surface area (Å²) < 4.78 is 36.1. The fourth-order valence-corrected chi connectivity index (χ4v) is 7.06. The number of rotatable bonds is 7. The minimum absolute atomic E-state index is 0.000582. The van der Waals surface area contributed by atoms with Crippen molar-refractivity contribution in [3.63, 3.8) is 0 Å². The Morgan fingerprint density at radius 3 is 2.70 bits per heavy atom. The maximum Gasteiger partial charge on any atom is 0.410 e. The molecule has 6 rings (SSSR count). The Bertz CT molecular complexity index is 2040. The smallest absolute Gasteiger partial charge is 0.410 e. The summed E-state index contributed by atoms with van der Waals surface area (Å²) in [5.41, 5.74) is 3.25. The molecule has 2 aromatic carbocycles. The van der Waals surface area contributed by atoms with E-state index in [1.54, 1.807) is 40.0 Å². The van der Waals surface area contributed by atoms with Crippen LogP contribution in [0.3, 0.4) is 0 Å². The predicted octanol–water partition coefficient (Wildman–Crippen LogP) is 6.17. The normalized spacial score (nSPS) is 15.7. The number of hydrogen-bond acceptors (Lipinski definition) is 9. The number of nitrogens with one attached hydrogen (secondary N) is 2. The largest absolute Gasteiger partial charge is 0.444 e. The zero-order valence-corrected chi connectivity index (χ0v) is 27.6. The van der Waals surface area contributed by atoms with E-state index in [4.69, 9.17) is 21.3 Å². The molecule has 14 heteroatoms. The summed E-state index contributed by atoms with van der Waals surface area (Å²) in [7, 11) is -4.01. The van der Waals surface area contributed by atoms with Crippen LogP contribution in [0.1, 0.15) is 46.1 Å². The fourth-order valence-electron chi connectivity index (χ4n) is 5.53. The number of amides is 1. The molecule has 1 amide bonds. The number of aryl methyl sites for hydroxylation is 1. The summed E-state index contributed by atoms with van der Waals surface area (Å²) >= 11 is 6.15. The van der Waals surface area contributed by atoms with E-state index in [0.717, 1.165) is 47.0 Å². The maximum atomic E-state index is 13.1. The highest BCUT2D eigenvalue weighted by atomic mass is 35.5. The third-order valence-electron chi connectivity index (χ3n) is 7.63. The average molecular weight is 663 g/mol. The van der Waals surface area contributed by atoms with Crippen molar-refractivity contribution < 1.29 is 17.9 Å². The van der Waals surface area contributed by atoms with Gasteiger partial charge in [-0.15, -0.1) is 0 Å². The molecule has 4 heterocycles. The second-order valence-electron chi connectivity index (χ2n) is 12.2. The second kappa shape index (κ2) is 12.4. The molecule has 240 valence electrons. The summed E-state index contributed by atoms with van der Waals surface area (Å²) in [6.45, 7) is 8.82. The van der Waals surface area contributed by atoms with Crippen molar-refractivity contribution in [3.8, 4) is 11.3 Å². The molecule has 12 nitrogen and oxygen atoms in total. The lowest BCUT2D eigenvalue weighted by Crippen LogP contribution is -2.47. The number of halogens is 1. The minimum atomic E-state index is -4.01. The van der Waals surface area contributed by atoms with Gasteiger partial charge in [-0.25, -0.2) is 33.1 Å². The van der Waals surface area contributed by atoms with Gasteiger partial charge in [0, 0.05) is 48.7 Å². The first-order valence-corrected chi connectivity index (χ1v) is 16.9. The lowest BCUT2D eigenvalue weighted by Gasteiger charge is -2.34. The summed E-state index contributed by atoms with van der Waals surface area (Å²) in [6, 6.07) is 10.3. The number of sulfonamides is 1. The predicted molar refractivity (Wildman–Crippen MR) is 178 cm³/mol. The molecular formula is C32H35ClN8O4S. The van der Waals surface area contributed by atoms with Crippen LogP contribution in [-0.4, -0.2) is 68.5 Å². The molecule has 0 spiro atoms. The van der Waals surface area contributed by atoms with Gasteiger partial charge in [-0.3, -0.25) is 9.12 Å². The molecule has 5 aromatic rings. The molecule has 46 heavy (non-hydrogen) atoms. The Morgan fingerprint density at radius 2 is 1.93 bits per heavy atom. The second-order valence-corrected chi connectivity index (χ2v) is 14.2. The Morgan fingerprint density at radius 1 is 1.13 bits per heavy atom. The first-order chi connectivity index (χ1) is 21.9. The van der Waals surface area contributed by atoms with Gasteiger partial charge in [-0.2, -0.15) is 0 Å². The van der Waals surface area contributed by atoms with Crippen molar-refractivity contribution in [1.82, 2.24) is 29.2 Å². The summed E-state index contributed by atoms with van der Waals surface area (Å²) in [4.78, 5) is 32.5. The molecule has 1 aliphatic rings. The number of anilines is 2.